The van der Waals surface area contributed by atoms with Crippen molar-refractivity contribution in [2.45, 2.75) is 6.92 Å². The van der Waals surface area contributed by atoms with Crippen molar-refractivity contribution in [1.29, 1.82) is 0 Å². The minimum atomic E-state index is -0.854. The number of hydrogen-bond donors (Lipinski definition) is 1. The van der Waals surface area contributed by atoms with Crippen molar-refractivity contribution in [3.8, 4) is 0 Å². The summed E-state index contributed by atoms with van der Waals surface area (Å²) < 4.78 is 0. The molecule has 1 aromatic carbocycles. The fourth-order valence-electron chi connectivity index (χ4n) is 1.61. The summed E-state index contributed by atoms with van der Waals surface area (Å²) in [7, 11) is 0. The van der Waals surface area contributed by atoms with Crippen LogP contribution in [-0.4, -0.2) is 24.2 Å². The lowest BCUT2D eigenvalue weighted by Gasteiger charge is -2.27. The number of hydrogen-bond acceptors (Lipinski definition) is 2. The lowest BCUT2D eigenvalue weighted by atomic mass is 10.1. The fourth-order valence-corrected chi connectivity index (χ4v) is 2.25. The minimum Gasteiger partial charge on any atom is -0.481 e. The van der Waals surface area contributed by atoms with Gasteiger partial charge in [-0.15, -0.1) is 6.58 Å². The van der Waals surface area contributed by atoms with E-state index < -0.39 is 11.9 Å². The Labute approximate surface area is 117 Å². The molecule has 0 aliphatic heterocycles. The average Bonchev–Trinajstić information content (AvgIpc) is 2.28. The van der Waals surface area contributed by atoms with Gasteiger partial charge in [-0.25, -0.2) is 0 Å². The third-order valence-corrected chi connectivity index (χ3v) is 3.13. The molecule has 0 aliphatic rings. The molecule has 18 heavy (non-hydrogen) atoms. The maximum atomic E-state index is 10.9. The number of aliphatic carboxylic acids is 1. The second-order valence-electron chi connectivity index (χ2n) is 4.00. The molecule has 0 radical (unpaired) electrons. The highest BCUT2D eigenvalue weighted by atomic mass is 35.5. The third kappa shape index (κ3) is 3.65. The van der Waals surface area contributed by atoms with Crippen LogP contribution in [0.1, 0.15) is 6.92 Å². The number of carbonyl (C=O) groups is 1. The summed E-state index contributed by atoms with van der Waals surface area (Å²) in [6.45, 7) is 6.12. The van der Waals surface area contributed by atoms with Gasteiger partial charge in [-0.3, -0.25) is 4.79 Å². The summed E-state index contributed by atoms with van der Waals surface area (Å²) >= 11 is 12.2. The van der Waals surface area contributed by atoms with Crippen LogP contribution >= 0.6 is 23.2 Å². The van der Waals surface area contributed by atoms with Crippen LogP contribution in [0.3, 0.4) is 0 Å². The first-order valence-corrected chi connectivity index (χ1v) is 6.25. The van der Waals surface area contributed by atoms with Gasteiger partial charge in [0.2, 0.25) is 0 Å². The van der Waals surface area contributed by atoms with E-state index in [0.29, 0.717) is 28.8 Å². The normalized spacial score (nSPS) is 11.9. The number of carboxylic acid groups (broad SMARTS) is 1. The number of rotatable bonds is 6. The van der Waals surface area contributed by atoms with Gasteiger partial charge in [-0.1, -0.05) is 42.3 Å². The Morgan fingerprint density at radius 3 is 2.50 bits per heavy atom. The van der Waals surface area contributed by atoms with Gasteiger partial charge in [-0.05, 0) is 12.1 Å². The number of anilines is 1. The maximum absolute atomic E-state index is 10.9. The molecule has 1 N–H and O–H groups in total. The molecular formula is C13H15Cl2NO2. The van der Waals surface area contributed by atoms with E-state index in [1.165, 1.54) is 0 Å². The zero-order valence-corrected chi connectivity index (χ0v) is 11.6. The molecule has 0 saturated carbocycles. The first-order chi connectivity index (χ1) is 8.47. The number of carboxylic acids is 1. The second kappa shape index (κ2) is 6.66. The molecule has 1 aromatic rings. The van der Waals surface area contributed by atoms with E-state index in [2.05, 4.69) is 6.58 Å². The number of benzene rings is 1. The second-order valence-corrected chi connectivity index (χ2v) is 4.82. The highest BCUT2D eigenvalue weighted by molar-refractivity contribution is 6.39. The fraction of sp³-hybridized carbons (Fsp3) is 0.308. The van der Waals surface area contributed by atoms with Crippen LogP contribution < -0.4 is 4.90 Å². The summed E-state index contributed by atoms with van der Waals surface area (Å²) in [6, 6.07) is 5.20. The van der Waals surface area contributed by atoms with E-state index >= 15 is 0 Å². The molecule has 0 aliphatic carbocycles. The summed E-state index contributed by atoms with van der Waals surface area (Å²) in [5.74, 6) is -1.37. The summed E-state index contributed by atoms with van der Waals surface area (Å²) in [5.41, 5.74) is 0.647. The van der Waals surface area contributed by atoms with E-state index in [9.17, 15) is 4.79 Å². The van der Waals surface area contributed by atoms with Gasteiger partial charge in [0.15, 0.2) is 0 Å². The summed E-state index contributed by atoms with van der Waals surface area (Å²) in [4.78, 5) is 12.7. The first kappa shape index (κ1) is 14.9. The van der Waals surface area contributed by atoms with Crippen molar-refractivity contribution >= 4 is 34.9 Å². The van der Waals surface area contributed by atoms with Gasteiger partial charge in [0.1, 0.15) is 0 Å². The van der Waals surface area contributed by atoms with Crippen molar-refractivity contribution in [3.05, 3.63) is 40.9 Å². The van der Waals surface area contributed by atoms with Gasteiger partial charge in [0, 0.05) is 13.1 Å². The van der Waals surface area contributed by atoms with Crippen LogP contribution in [0.5, 0.6) is 0 Å². The Balaban J connectivity index is 3.04. The molecule has 0 aromatic heterocycles. The summed E-state index contributed by atoms with van der Waals surface area (Å²) in [6.07, 6.45) is 1.69. The Morgan fingerprint density at radius 2 is 2.06 bits per heavy atom. The highest BCUT2D eigenvalue weighted by Gasteiger charge is 2.19. The van der Waals surface area contributed by atoms with Gasteiger partial charge in [-0.2, -0.15) is 0 Å². The SMILES string of the molecule is C=CCN(CC(C)C(=O)O)c1c(Cl)cccc1Cl. The Kier molecular flexibility index (Phi) is 5.51. The van der Waals surface area contributed by atoms with Crippen LogP contribution in [-0.2, 0) is 4.79 Å². The first-order valence-electron chi connectivity index (χ1n) is 5.50. The maximum Gasteiger partial charge on any atom is 0.308 e. The van der Waals surface area contributed by atoms with Crippen LogP contribution in [0.25, 0.3) is 0 Å². The van der Waals surface area contributed by atoms with Gasteiger partial charge in [0.05, 0.1) is 21.7 Å². The lowest BCUT2D eigenvalue weighted by molar-refractivity contribution is -0.140. The molecule has 1 atom stereocenters. The highest BCUT2D eigenvalue weighted by Crippen LogP contribution is 2.33. The molecule has 3 nitrogen and oxygen atoms in total. The molecule has 0 bridgehead atoms. The molecule has 1 unspecified atom stereocenters. The molecule has 0 fully saturated rings. The third-order valence-electron chi connectivity index (χ3n) is 2.52. The van der Waals surface area contributed by atoms with Crippen LogP contribution in [0.4, 0.5) is 5.69 Å². The van der Waals surface area contributed by atoms with Gasteiger partial charge >= 0.3 is 5.97 Å². The number of halogens is 2. The Bertz CT molecular complexity index is 428. The summed E-state index contributed by atoms with van der Waals surface area (Å²) in [5, 5.41) is 9.97. The van der Waals surface area contributed by atoms with Crippen molar-refractivity contribution in [3.63, 3.8) is 0 Å². The molecule has 0 amide bonds. The zero-order valence-electron chi connectivity index (χ0n) is 10.1. The van der Waals surface area contributed by atoms with Gasteiger partial charge < -0.3 is 10.0 Å². The number of para-hydroxylation sites is 1. The molecule has 0 spiro atoms. The van der Waals surface area contributed by atoms with E-state index in [-0.39, 0.29) is 0 Å². The van der Waals surface area contributed by atoms with Crippen LogP contribution in [0.15, 0.2) is 30.9 Å². The Hall–Kier alpha value is -1.19. The molecule has 0 heterocycles. The molecule has 5 heteroatoms. The predicted molar refractivity (Wildman–Crippen MR) is 75.7 cm³/mol. The smallest absolute Gasteiger partial charge is 0.308 e. The molecular weight excluding hydrogens is 273 g/mol. The largest absolute Gasteiger partial charge is 0.481 e. The van der Waals surface area contributed by atoms with E-state index in [1.807, 2.05) is 4.90 Å². The predicted octanol–water partition coefficient (Wildman–Crippen LogP) is 3.71. The molecule has 0 saturated heterocycles. The molecule has 1 rings (SSSR count). The quantitative estimate of drug-likeness (QED) is 0.811. The topological polar surface area (TPSA) is 40.5 Å². The number of nitrogens with zero attached hydrogens (tertiary/aromatic N) is 1. The lowest BCUT2D eigenvalue weighted by Crippen LogP contribution is -2.32. The van der Waals surface area contributed by atoms with Crippen molar-refractivity contribution in [2.75, 3.05) is 18.0 Å². The van der Waals surface area contributed by atoms with Crippen molar-refractivity contribution in [1.82, 2.24) is 0 Å². The van der Waals surface area contributed by atoms with Gasteiger partial charge in [0.25, 0.3) is 0 Å². The van der Waals surface area contributed by atoms with E-state index in [1.54, 1.807) is 31.2 Å². The standard InChI is InChI=1S/C13H15Cl2NO2/c1-3-7-16(8-9(2)13(17)18)12-10(14)5-4-6-11(12)15/h3-6,9H,1,7-8H2,2H3,(H,17,18). The van der Waals surface area contributed by atoms with Crippen molar-refractivity contribution < 1.29 is 9.90 Å². The minimum absolute atomic E-state index is 0.324. The molecule has 98 valence electrons. The van der Waals surface area contributed by atoms with Crippen LogP contribution in [0.2, 0.25) is 10.0 Å². The average molecular weight is 288 g/mol. The van der Waals surface area contributed by atoms with Crippen LogP contribution in [0, 0.1) is 5.92 Å². The zero-order chi connectivity index (χ0) is 13.7. The van der Waals surface area contributed by atoms with Crippen molar-refractivity contribution in [2.24, 2.45) is 5.92 Å². The van der Waals surface area contributed by atoms with E-state index in [0.717, 1.165) is 0 Å². The Morgan fingerprint density at radius 1 is 1.50 bits per heavy atom. The monoisotopic (exact) mass is 287 g/mol. The van der Waals surface area contributed by atoms with E-state index in [4.69, 9.17) is 28.3 Å².